The number of hydrogen-bond donors (Lipinski definition) is 3. The Morgan fingerprint density at radius 3 is 2.72 bits per heavy atom. The van der Waals surface area contributed by atoms with Crippen LogP contribution < -0.4 is 10.1 Å². The number of likely N-dealkylation sites (tertiary alicyclic amines) is 1. The van der Waals surface area contributed by atoms with Gasteiger partial charge in [-0.3, -0.25) is 9.59 Å². The summed E-state index contributed by atoms with van der Waals surface area (Å²) < 4.78 is 6.53. The van der Waals surface area contributed by atoms with E-state index in [0.29, 0.717) is 52.3 Å². The highest BCUT2D eigenvalue weighted by molar-refractivity contribution is 9.10. The molecule has 0 radical (unpaired) electrons. The van der Waals surface area contributed by atoms with E-state index in [4.69, 9.17) is 9.84 Å². The molecule has 1 amide bonds. The molecule has 3 aromatic rings. The first kappa shape index (κ1) is 22.0. The molecule has 4 rings (SSSR count). The van der Waals surface area contributed by atoms with E-state index >= 15 is 0 Å². The largest absolute Gasteiger partial charge is 0.507 e. The third kappa shape index (κ3) is 5.17. The molecule has 0 spiro atoms. The van der Waals surface area contributed by atoms with Gasteiger partial charge in [-0.05, 0) is 59.1 Å². The number of aromatic hydroxyl groups is 1. The van der Waals surface area contributed by atoms with Crippen molar-refractivity contribution in [2.24, 2.45) is 5.92 Å². The molecule has 11 heteroatoms. The lowest BCUT2D eigenvalue weighted by Gasteiger charge is -2.30. The lowest BCUT2D eigenvalue weighted by molar-refractivity contribution is -0.143. The number of benzene rings is 1. The number of ether oxygens (including phenoxy) is 1. The summed E-state index contributed by atoms with van der Waals surface area (Å²) in [5.41, 5.74) is 0.109. The smallest absolute Gasteiger partial charge is 0.306 e. The van der Waals surface area contributed by atoms with Crippen LogP contribution in [0.1, 0.15) is 23.2 Å². The van der Waals surface area contributed by atoms with Gasteiger partial charge in [-0.2, -0.15) is 0 Å². The first-order chi connectivity index (χ1) is 15.4. The molecule has 1 aliphatic heterocycles. The number of hydrogen-bond acceptors (Lipinski definition) is 8. The third-order valence-electron chi connectivity index (χ3n) is 4.98. The van der Waals surface area contributed by atoms with Crippen LogP contribution in [-0.4, -0.2) is 50.0 Å². The highest BCUT2D eigenvalue weighted by atomic mass is 79.9. The first-order valence-corrected chi connectivity index (χ1v) is 11.4. The molecule has 1 saturated heterocycles. The summed E-state index contributed by atoms with van der Waals surface area (Å²) in [6, 6.07) is 9.92. The topological polar surface area (TPSA) is 125 Å². The molecule has 1 aromatic carbocycles. The minimum atomic E-state index is -0.843. The summed E-state index contributed by atoms with van der Waals surface area (Å²) >= 11 is 4.58. The number of nitrogens with zero attached hydrogens (tertiary/aromatic N) is 3. The fourth-order valence-electron chi connectivity index (χ4n) is 3.32. The highest BCUT2D eigenvalue weighted by Gasteiger charge is 2.28. The molecule has 9 nitrogen and oxygen atoms in total. The number of aromatic nitrogens is 2. The van der Waals surface area contributed by atoms with E-state index in [1.165, 1.54) is 23.5 Å². The number of carboxylic acid groups (broad SMARTS) is 1. The number of nitrogens with one attached hydrogen (secondary N) is 1. The Bertz CT molecular complexity index is 1150. The zero-order valence-corrected chi connectivity index (χ0v) is 19.1. The quantitative estimate of drug-likeness (QED) is 0.408. The van der Waals surface area contributed by atoms with Gasteiger partial charge in [0.05, 0.1) is 17.7 Å². The van der Waals surface area contributed by atoms with Crippen LogP contribution in [0.3, 0.4) is 0 Å². The van der Waals surface area contributed by atoms with E-state index in [1.807, 2.05) is 18.2 Å². The second kappa shape index (κ2) is 9.53. The molecule has 0 saturated carbocycles. The number of carbonyl (C=O) groups excluding carboxylic acids is 1. The monoisotopic (exact) mass is 518 g/mol. The molecule has 166 valence electrons. The van der Waals surface area contributed by atoms with Gasteiger partial charge in [0.15, 0.2) is 5.13 Å². The number of rotatable bonds is 6. The SMILES string of the molecule is O=C(O)C1CCN(C(=O)c2cc(Oc3cnc(Nc4cccc(Br)n4)s3)ccc2O)CC1. The number of aliphatic carboxylic acids is 1. The van der Waals surface area contributed by atoms with Crippen molar-refractivity contribution < 1.29 is 24.5 Å². The van der Waals surface area contributed by atoms with Gasteiger partial charge in [0.1, 0.15) is 21.9 Å². The van der Waals surface area contributed by atoms with Crippen molar-refractivity contribution in [1.29, 1.82) is 0 Å². The minimum Gasteiger partial charge on any atom is -0.507 e. The van der Waals surface area contributed by atoms with E-state index in [1.54, 1.807) is 17.2 Å². The van der Waals surface area contributed by atoms with Crippen LogP contribution in [0.5, 0.6) is 16.6 Å². The van der Waals surface area contributed by atoms with Gasteiger partial charge < -0.3 is 25.2 Å². The van der Waals surface area contributed by atoms with Gasteiger partial charge in [0, 0.05) is 13.1 Å². The van der Waals surface area contributed by atoms with Crippen LogP contribution >= 0.6 is 27.3 Å². The van der Waals surface area contributed by atoms with E-state index in [2.05, 4.69) is 31.2 Å². The Morgan fingerprint density at radius 2 is 2.00 bits per heavy atom. The highest BCUT2D eigenvalue weighted by Crippen LogP contribution is 2.34. The number of carboxylic acids is 1. The van der Waals surface area contributed by atoms with Crippen molar-refractivity contribution in [2.75, 3.05) is 18.4 Å². The Balaban J connectivity index is 1.43. The predicted molar refractivity (Wildman–Crippen MR) is 122 cm³/mol. The lowest BCUT2D eigenvalue weighted by atomic mass is 9.96. The summed E-state index contributed by atoms with van der Waals surface area (Å²) in [6.07, 6.45) is 2.33. The Hall–Kier alpha value is -3.18. The minimum absolute atomic E-state index is 0.109. The molecule has 0 unspecified atom stereocenters. The van der Waals surface area contributed by atoms with Crippen LogP contribution in [0.4, 0.5) is 10.9 Å². The number of phenolic OH excluding ortho intramolecular Hbond substituents is 1. The fraction of sp³-hybridized carbons (Fsp3) is 0.238. The number of thiazole rings is 1. The number of halogens is 1. The van der Waals surface area contributed by atoms with Crippen molar-refractivity contribution >= 4 is 50.1 Å². The molecule has 3 N–H and O–H groups in total. The summed E-state index contributed by atoms with van der Waals surface area (Å²) in [5.74, 6) is -0.792. The molecular weight excluding hydrogens is 500 g/mol. The van der Waals surface area contributed by atoms with E-state index < -0.39 is 11.9 Å². The molecule has 1 fully saturated rings. The molecule has 3 heterocycles. The number of piperidine rings is 1. The number of anilines is 2. The zero-order valence-electron chi connectivity index (χ0n) is 16.7. The van der Waals surface area contributed by atoms with Crippen molar-refractivity contribution in [3.63, 3.8) is 0 Å². The average molecular weight is 519 g/mol. The number of phenols is 1. The number of amides is 1. The summed E-state index contributed by atoms with van der Waals surface area (Å²) in [7, 11) is 0. The predicted octanol–water partition coefficient (Wildman–Crippen LogP) is 4.48. The molecular formula is C21H19BrN4O5S. The zero-order chi connectivity index (χ0) is 22.7. The fourth-order valence-corrected chi connectivity index (χ4v) is 4.36. The standard InChI is InChI=1S/C21H19BrN4O5S/c22-16-2-1-3-17(24-16)25-21-23-11-18(32-21)31-13-4-5-15(27)14(10-13)19(28)26-8-6-12(7-9-26)20(29)30/h1-5,10-12,27H,6-9H2,(H,29,30)(H,23,24,25). The molecule has 0 atom stereocenters. The molecule has 0 aliphatic carbocycles. The van der Waals surface area contributed by atoms with Gasteiger partial charge in [-0.15, -0.1) is 0 Å². The van der Waals surface area contributed by atoms with Crippen molar-refractivity contribution in [2.45, 2.75) is 12.8 Å². The van der Waals surface area contributed by atoms with Gasteiger partial charge in [0.25, 0.3) is 5.91 Å². The van der Waals surface area contributed by atoms with Crippen LogP contribution in [0.25, 0.3) is 0 Å². The second-order valence-corrected chi connectivity index (χ2v) is 8.95. The average Bonchev–Trinajstić information content (AvgIpc) is 3.21. The first-order valence-electron chi connectivity index (χ1n) is 9.77. The maximum Gasteiger partial charge on any atom is 0.306 e. The number of pyridine rings is 1. The van der Waals surface area contributed by atoms with Gasteiger partial charge in [-0.25, -0.2) is 9.97 Å². The van der Waals surface area contributed by atoms with Crippen molar-refractivity contribution in [1.82, 2.24) is 14.9 Å². The van der Waals surface area contributed by atoms with Crippen LogP contribution in [-0.2, 0) is 4.79 Å². The van der Waals surface area contributed by atoms with Crippen LogP contribution in [0.2, 0.25) is 0 Å². The van der Waals surface area contributed by atoms with Gasteiger partial charge in [0.2, 0.25) is 5.06 Å². The molecule has 32 heavy (non-hydrogen) atoms. The lowest BCUT2D eigenvalue weighted by Crippen LogP contribution is -2.40. The molecule has 0 bridgehead atoms. The summed E-state index contributed by atoms with van der Waals surface area (Å²) in [6.45, 7) is 0.654. The molecule has 2 aromatic heterocycles. The second-order valence-electron chi connectivity index (χ2n) is 7.14. The van der Waals surface area contributed by atoms with Crippen molar-refractivity contribution in [3.8, 4) is 16.6 Å². The maximum atomic E-state index is 12.9. The van der Waals surface area contributed by atoms with Crippen molar-refractivity contribution in [3.05, 3.63) is 52.8 Å². The van der Waals surface area contributed by atoms with E-state index in [9.17, 15) is 14.7 Å². The Morgan fingerprint density at radius 1 is 1.22 bits per heavy atom. The van der Waals surface area contributed by atoms with E-state index in [0.717, 1.165) is 0 Å². The Labute approximate surface area is 195 Å². The van der Waals surface area contributed by atoms with E-state index in [-0.39, 0.29) is 17.2 Å². The Kier molecular flexibility index (Phi) is 6.56. The molecule has 1 aliphatic rings. The van der Waals surface area contributed by atoms with Gasteiger partial charge >= 0.3 is 5.97 Å². The summed E-state index contributed by atoms with van der Waals surface area (Å²) in [4.78, 5) is 34.1. The normalized spacial score (nSPS) is 14.2. The van der Waals surface area contributed by atoms with Gasteiger partial charge in [-0.1, -0.05) is 17.4 Å². The number of carbonyl (C=O) groups is 2. The third-order valence-corrected chi connectivity index (χ3v) is 6.22. The maximum absolute atomic E-state index is 12.9. The summed E-state index contributed by atoms with van der Waals surface area (Å²) in [5, 5.41) is 23.5. The van der Waals surface area contributed by atoms with Crippen LogP contribution in [0.15, 0.2) is 47.2 Å². The van der Waals surface area contributed by atoms with Crippen LogP contribution in [0, 0.1) is 5.92 Å².